The van der Waals surface area contributed by atoms with Crippen molar-refractivity contribution in [3.63, 3.8) is 0 Å². The van der Waals surface area contributed by atoms with Crippen LogP contribution in [0.15, 0.2) is 23.2 Å². The van der Waals surface area contributed by atoms with Crippen molar-refractivity contribution in [1.82, 2.24) is 10.6 Å². The summed E-state index contributed by atoms with van der Waals surface area (Å²) >= 11 is 0. The number of nitrogens with zero attached hydrogens (tertiary/aromatic N) is 1. The molecule has 0 aliphatic heterocycles. The molecule has 0 aliphatic rings. The molecule has 0 saturated heterocycles. The van der Waals surface area contributed by atoms with Crippen LogP contribution < -0.4 is 15.4 Å². The van der Waals surface area contributed by atoms with Crippen molar-refractivity contribution in [2.75, 3.05) is 13.6 Å². The van der Waals surface area contributed by atoms with Gasteiger partial charge in [0.25, 0.3) is 6.43 Å². The van der Waals surface area contributed by atoms with Crippen LogP contribution in [-0.4, -0.2) is 32.1 Å². The summed E-state index contributed by atoms with van der Waals surface area (Å²) in [4.78, 5) is 3.92. The highest BCUT2D eigenvalue weighted by atomic mass is 19.3. The molecule has 1 rings (SSSR count). The number of nitrogens with one attached hydrogen (secondary N) is 2. The Labute approximate surface area is 131 Å². The van der Waals surface area contributed by atoms with Crippen LogP contribution in [0.2, 0.25) is 0 Å². The Balaban J connectivity index is 2.71. The normalized spacial score (nSPS) is 13.1. The van der Waals surface area contributed by atoms with Crippen LogP contribution in [0.25, 0.3) is 0 Å². The molecule has 4 nitrogen and oxygen atoms in total. The lowest BCUT2D eigenvalue weighted by molar-refractivity contribution is 0.152. The predicted octanol–water partition coefficient (Wildman–Crippen LogP) is 3.10. The van der Waals surface area contributed by atoms with Gasteiger partial charge in [-0.25, -0.2) is 8.78 Å². The number of alkyl halides is 2. The van der Waals surface area contributed by atoms with Gasteiger partial charge in [0.15, 0.2) is 5.96 Å². The summed E-state index contributed by atoms with van der Waals surface area (Å²) in [6.07, 6.45) is -1.38. The van der Waals surface area contributed by atoms with Crippen LogP contribution in [0.1, 0.15) is 31.4 Å². The van der Waals surface area contributed by atoms with Gasteiger partial charge in [-0.05, 0) is 31.9 Å². The molecule has 1 aromatic carbocycles. The fourth-order valence-electron chi connectivity index (χ4n) is 1.79. The highest BCUT2D eigenvalue weighted by molar-refractivity contribution is 5.79. The van der Waals surface area contributed by atoms with Crippen molar-refractivity contribution in [2.24, 2.45) is 4.99 Å². The first-order chi connectivity index (χ1) is 10.5. The number of hydrogen-bond donors (Lipinski definition) is 2. The molecular formula is C16H25F2N3O. The van der Waals surface area contributed by atoms with E-state index in [0.29, 0.717) is 12.5 Å². The van der Waals surface area contributed by atoms with E-state index >= 15 is 0 Å². The Hall–Kier alpha value is -1.85. The molecule has 1 aromatic rings. The monoisotopic (exact) mass is 313 g/mol. The zero-order valence-electron chi connectivity index (χ0n) is 13.6. The maximum absolute atomic E-state index is 12.2. The van der Waals surface area contributed by atoms with Gasteiger partial charge in [-0.3, -0.25) is 4.99 Å². The van der Waals surface area contributed by atoms with E-state index < -0.39 is 13.0 Å². The average molecular weight is 313 g/mol. The minimum atomic E-state index is -2.41. The molecule has 0 heterocycles. The number of hydrogen-bond acceptors (Lipinski definition) is 2. The summed E-state index contributed by atoms with van der Waals surface area (Å²) in [5.41, 5.74) is 2.08. The van der Waals surface area contributed by atoms with Crippen LogP contribution in [0.3, 0.4) is 0 Å². The molecule has 1 atom stereocenters. The second-order valence-corrected chi connectivity index (χ2v) is 5.15. The van der Waals surface area contributed by atoms with E-state index in [2.05, 4.69) is 22.5 Å². The second kappa shape index (κ2) is 9.23. The SMILES string of the molecule is CCC(C)Oc1cc(C)ccc1CNC(=NC)NCC(F)F. The van der Waals surface area contributed by atoms with Crippen LogP contribution in [0.5, 0.6) is 5.75 Å². The van der Waals surface area contributed by atoms with Gasteiger partial charge in [-0.2, -0.15) is 0 Å². The summed E-state index contributed by atoms with van der Waals surface area (Å²) < 4.78 is 30.4. The van der Waals surface area contributed by atoms with Gasteiger partial charge in [0, 0.05) is 19.2 Å². The molecule has 0 amide bonds. The summed E-state index contributed by atoms with van der Waals surface area (Å²) in [5.74, 6) is 1.15. The van der Waals surface area contributed by atoms with Gasteiger partial charge in [0.05, 0.1) is 12.6 Å². The quantitative estimate of drug-likeness (QED) is 0.600. The molecule has 2 N–H and O–H groups in total. The first-order valence-corrected chi connectivity index (χ1v) is 7.45. The Morgan fingerprint density at radius 2 is 2.05 bits per heavy atom. The van der Waals surface area contributed by atoms with Gasteiger partial charge >= 0.3 is 0 Å². The van der Waals surface area contributed by atoms with E-state index in [0.717, 1.165) is 23.3 Å². The third-order valence-corrected chi connectivity index (χ3v) is 3.22. The number of halogens is 2. The zero-order chi connectivity index (χ0) is 16.5. The maximum Gasteiger partial charge on any atom is 0.255 e. The fraction of sp³-hybridized carbons (Fsp3) is 0.562. The van der Waals surface area contributed by atoms with E-state index in [1.165, 1.54) is 0 Å². The van der Waals surface area contributed by atoms with E-state index in [4.69, 9.17) is 4.74 Å². The fourth-order valence-corrected chi connectivity index (χ4v) is 1.79. The van der Waals surface area contributed by atoms with E-state index in [1.54, 1.807) is 7.05 Å². The topological polar surface area (TPSA) is 45.6 Å². The molecule has 0 spiro atoms. The number of guanidine groups is 1. The maximum atomic E-state index is 12.2. The lowest BCUT2D eigenvalue weighted by Gasteiger charge is -2.18. The predicted molar refractivity (Wildman–Crippen MR) is 85.8 cm³/mol. The number of aliphatic imine (C=N–C) groups is 1. The molecule has 0 saturated carbocycles. The summed E-state index contributed by atoms with van der Waals surface area (Å²) in [6.45, 7) is 6.11. The lowest BCUT2D eigenvalue weighted by Crippen LogP contribution is -2.39. The highest BCUT2D eigenvalue weighted by Crippen LogP contribution is 2.22. The molecule has 22 heavy (non-hydrogen) atoms. The summed E-state index contributed by atoms with van der Waals surface area (Å²) in [6, 6.07) is 5.95. The van der Waals surface area contributed by atoms with E-state index in [1.807, 2.05) is 32.0 Å². The average Bonchev–Trinajstić information content (AvgIpc) is 2.48. The van der Waals surface area contributed by atoms with Gasteiger partial charge in [0.2, 0.25) is 0 Å². The number of aryl methyl sites for hydroxylation is 1. The van der Waals surface area contributed by atoms with Crippen LogP contribution in [0.4, 0.5) is 8.78 Å². The first kappa shape index (κ1) is 18.2. The van der Waals surface area contributed by atoms with Crippen molar-refractivity contribution in [2.45, 2.75) is 46.3 Å². The van der Waals surface area contributed by atoms with Crippen molar-refractivity contribution in [3.8, 4) is 5.75 Å². The third-order valence-electron chi connectivity index (χ3n) is 3.22. The number of ether oxygens (including phenoxy) is 1. The Morgan fingerprint density at radius 1 is 1.32 bits per heavy atom. The number of rotatable bonds is 7. The Kier molecular flexibility index (Phi) is 7.63. The molecule has 0 fully saturated rings. The van der Waals surface area contributed by atoms with Crippen LogP contribution in [-0.2, 0) is 6.54 Å². The molecule has 0 radical (unpaired) electrons. The molecule has 124 valence electrons. The van der Waals surface area contributed by atoms with Crippen LogP contribution >= 0.6 is 0 Å². The number of benzene rings is 1. The zero-order valence-corrected chi connectivity index (χ0v) is 13.6. The van der Waals surface area contributed by atoms with Gasteiger partial charge in [-0.15, -0.1) is 0 Å². The molecule has 0 aliphatic carbocycles. The van der Waals surface area contributed by atoms with Gasteiger partial charge < -0.3 is 15.4 Å². The Morgan fingerprint density at radius 3 is 2.64 bits per heavy atom. The molecule has 0 aromatic heterocycles. The minimum Gasteiger partial charge on any atom is -0.490 e. The minimum absolute atomic E-state index is 0.122. The second-order valence-electron chi connectivity index (χ2n) is 5.15. The molecule has 6 heteroatoms. The van der Waals surface area contributed by atoms with E-state index in [9.17, 15) is 8.78 Å². The van der Waals surface area contributed by atoms with Gasteiger partial charge in [0.1, 0.15) is 5.75 Å². The first-order valence-electron chi connectivity index (χ1n) is 7.45. The molecular weight excluding hydrogens is 288 g/mol. The van der Waals surface area contributed by atoms with Crippen molar-refractivity contribution in [1.29, 1.82) is 0 Å². The Bertz CT molecular complexity index is 492. The smallest absolute Gasteiger partial charge is 0.255 e. The van der Waals surface area contributed by atoms with Crippen molar-refractivity contribution >= 4 is 5.96 Å². The van der Waals surface area contributed by atoms with Crippen LogP contribution in [0, 0.1) is 6.92 Å². The third kappa shape index (κ3) is 6.28. The van der Waals surface area contributed by atoms with Crippen molar-refractivity contribution in [3.05, 3.63) is 29.3 Å². The summed E-state index contributed by atoms with van der Waals surface area (Å²) in [5, 5.41) is 5.59. The highest BCUT2D eigenvalue weighted by Gasteiger charge is 2.09. The van der Waals surface area contributed by atoms with Crippen molar-refractivity contribution < 1.29 is 13.5 Å². The lowest BCUT2D eigenvalue weighted by atomic mass is 10.1. The standard InChI is InChI=1S/C16H25F2N3O/c1-5-12(3)22-14-8-11(2)6-7-13(14)9-20-16(19-4)21-10-15(17)18/h6-8,12,15H,5,9-10H2,1-4H3,(H2,19,20,21). The molecule has 1 unspecified atom stereocenters. The molecule has 0 bridgehead atoms. The largest absolute Gasteiger partial charge is 0.490 e. The van der Waals surface area contributed by atoms with Gasteiger partial charge in [-0.1, -0.05) is 19.1 Å². The summed E-state index contributed by atoms with van der Waals surface area (Å²) in [7, 11) is 1.55. The van der Waals surface area contributed by atoms with E-state index in [-0.39, 0.29) is 6.10 Å².